The van der Waals surface area contributed by atoms with Gasteiger partial charge in [-0.2, -0.15) is 0 Å². The van der Waals surface area contributed by atoms with Gasteiger partial charge in [-0.15, -0.1) is 0 Å². The second kappa shape index (κ2) is 10.1. The van der Waals surface area contributed by atoms with Crippen molar-refractivity contribution in [2.45, 2.75) is 64.1 Å². The number of rotatable bonds is 9. The summed E-state index contributed by atoms with van der Waals surface area (Å²) in [4.78, 5) is 26.1. The highest BCUT2D eigenvalue weighted by atomic mass is 35.5. The molecule has 0 heterocycles. The van der Waals surface area contributed by atoms with Crippen molar-refractivity contribution in [3.63, 3.8) is 0 Å². The van der Waals surface area contributed by atoms with E-state index in [0.717, 1.165) is 0 Å². The summed E-state index contributed by atoms with van der Waals surface area (Å²) in [6, 6.07) is 5.63. The average Bonchev–Trinajstić information content (AvgIpc) is 2.54. The Balaban J connectivity index is 2.55. The van der Waals surface area contributed by atoms with E-state index in [-0.39, 0.29) is 35.9 Å². The van der Waals surface area contributed by atoms with Gasteiger partial charge in [-0.3, -0.25) is 9.59 Å². The van der Waals surface area contributed by atoms with Crippen molar-refractivity contribution in [3.8, 4) is 0 Å². The topological polar surface area (TPSA) is 92.8 Å². The van der Waals surface area contributed by atoms with Gasteiger partial charge >= 0.3 is 5.97 Å². The van der Waals surface area contributed by atoms with E-state index in [2.05, 4.69) is 4.72 Å². The lowest BCUT2D eigenvalue weighted by Gasteiger charge is -2.32. The smallest absolute Gasteiger partial charge is 0.307 e. The third-order valence-electron chi connectivity index (χ3n) is 3.77. The van der Waals surface area contributed by atoms with Gasteiger partial charge in [-0.1, -0.05) is 11.6 Å². The normalized spacial score (nSPS) is 12.9. The average molecular weight is 419 g/mol. The maximum Gasteiger partial charge on any atom is 0.307 e. The molecule has 7 nitrogen and oxygen atoms in total. The van der Waals surface area contributed by atoms with E-state index < -0.39 is 22.1 Å². The molecule has 0 unspecified atom stereocenters. The molecule has 0 aliphatic rings. The zero-order valence-corrected chi connectivity index (χ0v) is 17.8. The van der Waals surface area contributed by atoms with E-state index in [1.54, 1.807) is 4.90 Å². The third kappa shape index (κ3) is 7.12. The van der Waals surface area contributed by atoms with Gasteiger partial charge in [0.2, 0.25) is 10.0 Å². The first kappa shape index (κ1) is 23.4. The molecular weight excluding hydrogens is 392 g/mol. The molecule has 0 saturated carbocycles. The van der Waals surface area contributed by atoms with Crippen molar-refractivity contribution >= 4 is 33.5 Å². The Bertz CT molecular complexity index is 740. The van der Waals surface area contributed by atoms with Crippen molar-refractivity contribution < 1.29 is 22.7 Å². The number of nitrogens with one attached hydrogen (secondary N) is 1. The monoisotopic (exact) mass is 418 g/mol. The molecule has 1 atom stereocenters. The Morgan fingerprint density at radius 1 is 1.07 bits per heavy atom. The number of sulfonamides is 1. The molecular formula is C18H27ClN2O5S. The molecule has 0 fully saturated rings. The lowest BCUT2D eigenvalue weighted by molar-refractivity contribution is -0.160. The van der Waals surface area contributed by atoms with Crippen LogP contribution in [-0.2, 0) is 24.3 Å². The maximum atomic E-state index is 12.4. The van der Waals surface area contributed by atoms with E-state index in [9.17, 15) is 18.0 Å². The fourth-order valence-corrected chi connectivity index (χ4v) is 3.76. The van der Waals surface area contributed by atoms with Crippen LogP contribution in [0.2, 0.25) is 5.02 Å². The number of esters is 1. The zero-order chi connectivity index (χ0) is 20.8. The summed E-state index contributed by atoms with van der Waals surface area (Å²) in [7, 11) is -3.75. The number of hydrogen-bond donors (Lipinski definition) is 1. The summed E-state index contributed by atoms with van der Waals surface area (Å²) in [5.41, 5.74) is 0. The number of carbonyl (C=O) groups is 2. The van der Waals surface area contributed by atoms with E-state index in [0.29, 0.717) is 5.02 Å². The molecule has 0 radical (unpaired) electrons. The Morgan fingerprint density at radius 2 is 1.59 bits per heavy atom. The Kier molecular flexibility index (Phi) is 8.71. The van der Waals surface area contributed by atoms with Gasteiger partial charge in [0, 0.05) is 23.7 Å². The van der Waals surface area contributed by atoms with Crippen molar-refractivity contribution in [1.82, 2.24) is 9.62 Å². The molecule has 9 heteroatoms. The minimum absolute atomic E-state index is 0.0233. The van der Waals surface area contributed by atoms with Gasteiger partial charge in [0.25, 0.3) is 5.91 Å². The second-order valence-electron chi connectivity index (χ2n) is 6.67. The predicted molar refractivity (Wildman–Crippen MR) is 104 cm³/mol. The van der Waals surface area contributed by atoms with Gasteiger partial charge in [-0.25, -0.2) is 13.1 Å². The van der Waals surface area contributed by atoms with Gasteiger partial charge in [-0.05, 0) is 58.9 Å². The summed E-state index contributed by atoms with van der Waals surface area (Å²) in [6.07, 6.45) is -1.12. The summed E-state index contributed by atoms with van der Waals surface area (Å²) in [5, 5.41) is 0.424. The summed E-state index contributed by atoms with van der Waals surface area (Å²) < 4.78 is 31.7. The first-order valence-electron chi connectivity index (χ1n) is 8.72. The van der Waals surface area contributed by atoms with Crippen LogP contribution in [0.15, 0.2) is 29.2 Å². The predicted octanol–water partition coefficient (Wildman–Crippen LogP) is 2.59. The van der Waals surface area contributed by atoms with Crippen LogP contribution < -0.4 is 4.72 Å². The van der Waals surface area contributed by atoms with Crippen molar-refractivity contribution in [1.29, 1.82) is 0 Å². The highest BCUT2D eigenvalue weighted by molar-refractivity contribution is 7.89. The standard InChI is InChI=1S/C18H27ClN2O5S/c1-12(2)21(13(3)4)18(23)14(5)26-17(22)10-11-20-27(24,25)16-8-6-15(19)7-9-16/h6-9,12-14,20H,10-11H2,1-5H3/t14-/m1/s1. The number of ether oxygens (including phenoxy) is 1. The second-order valence-corrected chi connectivity index (χ2v) is 8.87. The van der Waals surface area contributed by atoms with Gasteiger partial charge in [0.05, 0.1) is 11.3 Å². The summed E-state index contributed by atoms with van der Waals surface area (Å²) in [5.74, 6) is -0.933. The van der Waals surface area contributed by atoms with Crippen LogP contribution >= 0.6 is 11.6 Å². The van der Waals surface area contributed by atoms with Crippen LogP contribution in [0.1, 0.15) is 41.0 Å². The molecule has 27 heavy (non-hydrogen) atoms. The lowest BCUT2D eigenvalue weighted by Crippen LogP contribution is -2.47. The van der Waals surface area contributed by atoms with E-state index >= 15 is 0 Å². The lowest BCUT2D eigenvalue weighted by atomic mass is 10.2. The minimum atomic E-state index is -3.75. The first-order valence-corrected chi connectivity index (χ1v) is 10.6. The van der Waals surface area contributed by atoms with Crippen LogP contribution in [0.5, 0.6) is 0 Å². The van der Waals surface area contributed by atoms with Gasteiger partial charge in [0.1, 0.15) is 0 Å². The van der Waals surface area contributed by atoms with Crippen LogP contribution in [-0.4, -0.2) is 49.9 Å². The van der Waals surface area contributed by atoms with Crippen LogP contribution in [0.25, 0.3) is 0 Å². The molecule has 0 aromatic heterocycles. The maximum absolute atomic E-state index is 12.4. The minimum Gasteiger partial charge on any atom is -0.452 e. The fourth-order valence-electron chi connectivity index (χ4n) is 2.61. The number of nitrogens with zero attached hydrogens (tertiary/aromatic N) is 1. The Labute approximate surface area is 166 Å². The molecule has 0 bridgehead atoms. The number of benzene rings is 1. The number of amides is 1. The Hall–Kier alpha value is -1.64. The third-order valence-corrected chi connectivity index (χ3v) is 5.50. The molecule has 0 saturated heterocycles. The Morgan fingerprint density at radius 3 is 2.07 bits per heavy atom. The van der Waals surface area contributed by atoms with E-state index in [1.807, 2.05) is 27.7 Å². The van der Waals surface area contributed by atoms with Gasteiger partial charge in [0.15, 0.2) is 6.10 Å². The molecule has 1 amide bonds. The largest absolute Gasteiger partial charge is 0.452 e. The van der Waals surface area contributed by atoms with Crippen LogP contribution in [0, 0.1) is 0 Å². The molecule has 1 N–H and O–H groups in total. The van der Waals surface area contributed by atoms with Gasteiger partial charge < -0.3 is 9.64 Å². The first-order chi connectivity index (χ1) is 12.5. The quantitative estimate of drug-likeness (QED) is 0.622. The highest BCUT2D eigenvalue weighted by Gasteiger charge is 2.27. The summed E-state index contributed by atoms with van der Waals surface area (Å²) >= 11 is 5.74. The number of carbonyl (C=O) groups excluding carboxylic acids is 2. The molecule has 1 rings (SSSR count). The molecule has 0 aliphatic heterocycles. The van der Waals surface area contributed by atoms with E-state index in [4.69, 9.17) is 16.3 Å². The highest BCUT2D eigenvalue weighted by Crippen LogP contribution is 2.14. The molecule has 1 aromatic rings. The SMILES string of the molecule is CC(C)N(C(=O)[C@@H](C)OC(=O)CCNS(=O)(=O)c1ccc(Cl)cc1)C(C)C. The van der Waals surface area contributed by atoms with Crippen molar-refractivity contribution in [3.05, 3.63) is 29.3 Å². The molecule has 0 aliphatic carbocycles. The number of hydrogen-bond acceptors (Lipinski definition) is 5. The van der Waals surface area contributed by atoms with Crippen LogP contribution in [0.4, 0.5) is 0 Å². The molecule has 1 aromatic carbocycles. The molecule has 152 valence electrons. The van der Waals surface area contributed by atoms with Crippen molar-refractivity contribution in [2.24, 2.45) is 0 Å². The van der Waals surface area contributed by atoms with Crippen LogP contribution in [0.3, 0.4) is 0 Å². The zero-order valence-electron chi connectivity index (χ0n) is 16.2. The molecule has 0 spiro atoms. The summed E-state index contributed by atoms with van der Waals surface area (Å²) in [6.45, 7) is 8.92. The number of halogens is 1. The van der Waals surface area contributed by atoms with Crippen molar-refractivity contribution in [2.75, 3.05) is 6.54 Å². The fraction of sp³-hybridized carbons (Fsp3) is 0.556. The van der Waals surface area contributed by atoms with E-state index in [1.165, 1.54) is 31.2 Å².